The highest BCUT2D eigenvalue weighted by atomic mass is 16.5. The van der Waals surface area contributed by atoms with E-state index >= 15 is 0 Å². The van der Waals surface area contributed by atoms with E-state index in [2.05, 4.69) is 25.2 Å². The van der Waals surface area contributed by atoms with E-state index in [0.717, 1.165) is 11.6 Å². The molecule has 1 aromatic carbocycles. The zero-order chi connectivity index (χ0) is 20.9. The molecule has 0 aliphatic carbocycles. The number of para-hydroxylation sites is 1. The minimum atomic E-state index is -0.178. The van der Waals surface area contributed by atoms with Gasteiger partial charge >= 0.3 is 6.03 Å². The molecule has 0 saturated carbocycles. The van der Waals surface area contributed by atoms with Crippen LogP contribution in [0.5, 0.6) is 11.5 Å². The maximum absolute atomic E-state index is 12.8. The summed E-state index contributed by atoms with van der Waals surface area (Å²) in [6.45, 7) is 2.48. The van der Waals surface area contributed by atoms with E-state index in [1.807, 2.05) is 22.9 Å². The van der Waals surface area contributed by atoms with Crippen LogP contribution >= 0.6 is 0 Å². The largest absolute Gasteiger partial charge is 0.493 e. The van der Waals surface area contributed by atoms with Crippen LogP contribution in [0.25, 0.3) is 5.82 Å². The second-order valence-corrected chi connectivity index (χ2v) is 6.65. The number of anilines is 2. The summed E-state index contributed by atoms with van der Waals surface area (Å²) in [5.74, 6) is 2.64. The fourth-order valence-electron chi connectivity index (χ4n) is 3.36. The number of urea groups is 1. The number of nitrogens with one attached hydrogen (secondary N) is 1. The van der Waals surface area contributed by atoms with Gasteiger partial charge in [0.1, 0.15) is 24.3 Å². The number of methoxy groups -OCH3 is 2. The van der Waals surface area contributed by atoms with Gasteiger partial charge in [-0.25, -0.2) is 19.7 Å². The number of benzene rings is 1. The molecule has 0 bridgehead atoms. The zero-order valence-corrected chi connectivity index (χ0v) is 16.9. The molecule has 4 rings (SSSR count). The normalized spacial score (nSPS) is 13.8. The Hall–Kier alpha value is -3.82. The number of carbonyl (C=O) groups is 1. The van der Waals surface area contributed by atoms with Crippen molar-refractivity contribution in [1.82, 2.24) is 24.4 Å². The van der Waals surface area contributed by atoms with Gasteiger partial charge in [0.25, 0.3) is 0 Å². The SMILES string of the molecule is COc1cccc(NC(=O)N2CCN(c3cc(-n4ccnc4)ncn3)CC2)c1OC. The van der Waals surface area contributed by atoms with E-state index in [9.17, 15) is 4.79 Å². The van der Waals surface area contributed by atoms with Crippen molar-refractivity contribution in [2.45, 2.75) is 0 Å². The van der Waals surface area contributed by atoms with Crippen molar-refractivity contribution in [2.75, 3.05) is 50.6 Å². The molecule has 0 spiro atoms. The summed E-state index contributed by atoms with van der Waals surface area (Å²) >= 11 is 0. The predicted molar refractivity (Wildman–Crippen MR) is 112 cm³/mol. The predicted octanol–water partition coefficient (Wildman–Crippen LogP) is 2.03. The molecule has 10 heteroatoms. The average Bonchev–Trinajstić information content (AvgIpc) is 3.34. The van der Waals surface area contributed by atoms with Gasteiger partial charge in [-0.3, -0.25) is 4.57 Å². The number of aromatic nitrogens is 4. The van der Waals surface area contributed by atoms with E-state index < -0.39 is 0 Å². The average molecular weight is 409 g/mol. The van der Waals surface area contributed by atoms with Gasteiger partial charge in [-0.15, -0.1) is 0 Å². The molecule has 0 radical (unpaired) electrons. The number of ether oxygens (including phenoxy) is 2. The van der Waals surface area contributed by atoms with Crippen molar-refractivity contribution in [1.29, 1.82) is 0 Å². The third-order valence-corrected chi connectivity index (χ3v) is 4.94. The summed E-state index contributed by atoms with van der Waals surface area (Å²) < 4.78 is 12.5. The number of amides is 2. The number of nitrogens with zero attached hydrogens (tertiary/aromatic N) is 6. The van der Waals surface area contributed by atoms with Crippen LogP contribution in [0, 0.1) is 0 Å². The molecule has 0 atom stereocenters. The fourth-order valence-corrected chi connectivity index (χ4v) is 3.36. The molecule has 1 N–H and O–H groups in total. The minimum absolute atomic E-state index is 0.178. The lowest BCUT2D eigenvalue weighted by Gasteiger charge is -2.35. The first-order valence-electron chi connectivity index (χ1n) is 9.52. The summed E-state index contributed by atoms with van der Waals surface area (Å²) in [5.41, 5.74) is 0.574. The first-order chi connectivity index (χ1) is 14.7. The van der Waals surface area contributed by atoms with Gasteiger partial charge in [0, 0.05) is 44.6 Å². The molecule has 1 fully saturated rings. The van der Waals surface area contributed by atoms with Crippen LogP contribution in [0.1, 0.15) is 0 Å². The second-order valence-electron chi connectivity index (χ2n) is 6.65. The smallest absolute Gasteiger partial charge is 0.322 e. The zero-order valence-electron chi connectivity index (χ0n) is 16.9. The van der Waals surface area contributed by atoms with Crippen LogP contribution in [0.2, 0.25) is 0 Å². The van der Waals surface area contributed by atoms with Crippen LogP contribution in [0.3, 0.4) is 0 Å². The molecule has 2 amide bonds. The molecular formula is C20H23N7O3. The van der Waals surface area contributed by atoms with Crippen molar-refractivity contribution in [3.05, 3.63) is 49.3 Å². The molecule has 3 aromatic rings. The van der Waals surface area contributed by atoms with Crippen LogP contribution in [0.4, 0.5) is 16.3 Å². The minimum Gasteiger partial charge on any atom is -0.493 e. The molecule has 1 aliphatic rings. The molecular weight excluding hydrogens is 386 g/mol. The topological polar surface area (TPSA) is 97.6 Å². The van der Waals surface area contributed by atoms with Crippen molar-refractivity contribution in [3.8, 4) is 17.3 Å². The Morgan fingerprint density at radius 1 is 1.07 bits per heavy atom. The van der Waals surface area contributed by atoms with Crippen molar-refractivity contribution in [2.24, 2.45) is 0 Å². The molecule has 1 saturated heterocycles. The highest BCUT2D eigenvalue weighted by molar-refractivity contribution is 5.91. The Kier molecular flexibility index (Phi) is 5.64. The number of rotatable bonds is 5. The molecule has 30 heavy (non-hydrogen) atoms. The van der Waals surface area contributed by atoms with E-state index in [1.54, 1.807) is 50.1 Å². The molecule has 2 aromatic heterocycles. The van der Waals surface area contributed by atoms with Gasteiger partial charge in [0.2, 0.25) is 0 Å². The number of imidazole rings is 1. The maximum Gasteiger partial charge on any atom is 0.322 e. The van der Waals surface area contributed by atoms with Gasteiger partial charge in [-0.1, -0.05) is 6.07 Å². The van der Waals surface area contributed by atoms with Crippen LogP contribution < -0.4 is 19.7 Å². The third kappa shape index (κ3) is 3.97. The first kappa shape index (κ1) is 19.5. The van der Waals surface area contributed by atoms with E-state index in [4.69, 9.17) is 9.47 Å². The van der Waals surface area contributed by atoms with Crippen molar-refractivity contribution in [3.63, 3.8) is 0 Å². The third-order valence-electron chi connectivity index (χ3n) is 4.94. The van der Waals surface area contributed by atoms with Gasteiger partial charge in [-0.2, -0.15) is 0 Å². The van der Waals surface area contributed by atoms with Gasteiger partial charge in [0.15, 0.2) is 11.5 Å². The number of hydrogen-bond acceptors (Lipinski definition) is 7. The summed E-state index contributed by atoms with van der Waals surface area (Å²) in [6, 6.07) is 7.12. The Balaban J connectivity index is 1.39. The number of hydrogen-bond donors (Lipinski definition) is 1. The van der Waals surface area contributed by atoms with Crippen LogP contribution in [-0.4, -0.2) is 70.8 Å². The second kappa shape index (κ2) is 8.68. The van der Waals surface area contributed by atoms with Crippen LogP contribution in [-0.2, 0) is 0 Å². The first-order valence-corrected chi connectivity index (χ1v) is 9.52. The quantitative estimate of drug-likeness (QED) is 0.689. The maximum atomic E-state index is 12.8. The summed E-state index contributed by atoms with van der Waals surface area (Å²) in [4.78, 5) is 29.4. The van der Waals surface area contributed by atoms with Crippen molar-refractivity contribution < 1.29 is 14.3 Å². The Labute approximate surface area is 174 Å². The lowest BCUT2D eigenvalue weighted by Crippen LogP contribution is -2.50. The Bertz CT molecular complexity index is 1000. The summed E-state index contributed by atoms with van der Waals surface area (Å²) in [5, 5.41) is 2.92. The Morgan fingerprint density at radius 2 is 1.87 bits per heavy atom. The molecule has 3 heterocycles. The lowest BCUT2D eigenvalue weighted by atomic mass is 10.2. The highest BCUT2D eigenvalue weighted by Gasteiger charge is 2.23. The van der Waals surface area contributed by atoms with E-state index in [0.29, 0.717) is 43.4 Å². The van der Waals surface area contributed by atoms with Crippen molar-refractivity contribution >= 4 is 17.5 Å². The standard InChI is InChI=1S/C20H23N7O3/c1-29-16-5-3-4-15(19(16)30-2)24-20(28)26-10-8-25(9-11-26)17-12-18(23-13-22-17)27-7-6-21-14-27/h3-7,12-14H,8-11H2,1-2H3,(H,24,28). The molecule has 10 nitrogen and oxygen atoms in total. The summed E-state index contributed by atoms with van der Waals surface area (Å²) in [6.07, 6.45) is 6.78. The van der Waals surface area contributed by atoms with E-state index in [-0.39, 0.29) is 6.03 Å². The number of piperazine rings is 1. The monoisotopic (exact) mass is 409 g/mol. The molecule has 156 valence electrons. The van der Waals surface area contributed by atoms with Gasteiger partial charge in [-0.05, 0) is 12.1 Å². The van der Waals surface area contributed by atoms with Gasteiger partial charge < -0.3 is 24.6 Å². The fraction of sp³-hybridized carbons (Fsp3) is 0.300. The van der Waals surface area contributed by atoms with Crippen LogP contribution in [0.15, 0.2) is 49.3 Å². The van der Waals surface area contributed by atoms with E-state index in [1.165, 1.54) is 0 Å². The molecule has 0 unspecified atom stereocenters. The lowest BCUT2D eigenvalue weighted by molar-refractivity contribution is 0.208. The summed E-state index contributed by atoms with van der Waals surface area (Å²) in [7, 11) is 3.11. The Morgan fingerprint density at radius 3 is 2.57 bits per heavy atom. The molecule has 1 aliphatic heterocycles. The van der Waals surface area contributed by atoms with Gasteiger partial charge in [0.05, 0.1) is 19.9 Å². The highest BCUT2D eigenvalue weighted by Crippen LogP contribution is 2.34. The number of carbonyl (C=O) groups excluding carboxylic acids is 1.